The van der Waals surface area contributed by atoms with Crippen LogP contribution in [0.15, 0.2) is 66.3 Å². The molecule has 2 aromatic carbocycles. The number of nitrogens with zero attached hydrogens (tertiary/aromatic N) is 6. The molecule has 35 heavy (non-hydrogen) atoms. The van der Waals surface area contributed by atoms with Crippen molar-refractivity contribution in [3.8, 4) is 11.4 Å². The zero-order chi connectivity index (χ0) is 24.8. The van der Waals surface area contributed by atoms with Crippen LogP contribution < -0.4 is 0 Å². The number of hydrogen-bond donors (Lipinski definition) is 0. The Hall–Kier alpha value is -3.50. The second-order valence-electron chi connectivity index (χ2n) is 8.22. The molecule has 1 fully saturated rings. The first-order chi connectivity index (χ1) is 17.0. The Morgan fingerprint density at radius 3 is 2.37 bits per heavy atom. The van der Waals surface area contributed by atoms with Crippen LogP contribution in [0.1, 0.15) is 22.8 Å². The second-order valence-corrected chi connectivity index (χ2v) is 9.16. The van der Waals surface area contributed by atoms with Crippen LogP contribution in [0.25, 0.3) is 11.4 Å². The van der Waals surface area contributed by atoms with Gasteiger partial charge in [-0.05, 0) is 36.4 Å². The third-order valence-electron chi connectivity index (χ3n) is 6.04. The first-order valence-corrected chi connectivity index (χ1v) is 12.5. The average Bonchev–Trinajstić information content (AvgIpc) is 3.30. The fraction of sp³-hybridized carbons (Fsp3) is 0.320. The van der Waals surface area contributed by atoms with E-state index in [9.17, 15) is 14.9 Å². The first-order valence-electron chi connectivity index (χ1n) is 11.5. The smallest absolute Gasteiger partial charge is 0.269 e. The number of benzene rings is 2. The lowest BCUT2D eigenvalue weighted by molar-refractivity contribution is -0.384. The molecule has 9 nitrogen and oxygen atoms in total. The summed E-state index contributed by atoms with van der Waals surface area (Å²) in [7, 11) is 0. The number of amides is 1. The molecule has 4 rings (SSSR count). The van der Waals surface area contributed by atoms with E-state index in [0.717, 1.165) is 49.0 Å². The summed E-state index contributed by atoms with van der Waals surface area (Å²) < 4.78 is 1.94. The van der Waals surface area contributed by atoms with E-state index in [1.807, 2.05) is 33.7 Å². The van der Waals surface area contributed by atoms with E-state index in [0.29, 0.717) is 23.7 Å². The molecule has 0 radical (unpaired) electrons. The molecule has 0 bridgehead atoms. The predicted molar refractivity (Wildman–Crippen MR) is 136 cm³/mol. The van der Waals surface area contributed by atoms with Crippen molar-refractivity contribution in [1.29, 1.82) is 0 Å². The summed E-state index contributed by atoms with van der Waals surface area (Å²) in [6, 6.07) is 14.0. The molecule has 0 unspecified atom stereocenters. The predicted octanol–water partition coefficient (Wildman–Crippen LogP) is 4.11. The maximum atomic E-state index is 12.8. The third kappa shape index (κ3) is 5.77. The Kier molecular flexibility index (Phi) is 7.94. The highest BCUT2D eigenvalue weighted by molar-refractivity contribution is 7.98. The number of allylic oxidation sites excluding steroid dienone is 1. The fourth-order valence-corrected chi connectivity index (χ4v) is 4.88. The summed E-state index contributed by atoms with van der Waals surface area (Å²) in [6.45, 7) is 10.9. The molecule has 0 spiro atoms. The van der Waals surface area contributed by atoms with E-state index in [-0.39, 0.29) is 11.6 Å². The minimum atomic E-state index is -0.426. The summed E-state index contributed by atoms with van der Waals surface area (Å²) in [5, 5.41) is 20.3. The minimum absolute atomic E-state index is 0.0308. The SMILES string of the molecule is C=CCn1c(SCc2ccc(C(=O)N3CCN(CC)CC3)cc2)nnc1-c1ccc([N+](=O)[O-])cc1. The zero-order valence-electron chi connectivity index (χ0n) is 19.7. The topological polar surface area (TPSA) is 97.4 Å². The number of piperazine rings is 1. The Morgan fingerprint density at radius 2 is 1.77 bits per heavy atom. The molecule has 182 valence electrons. The maximum absolute atomic E-state index is 12.8. The zero-order valence-corrected chi connectivity index (χ0v) is 20.5. The van der Waals surface area contributed by atoms with E-state index in [1.54, 1.807) is 30.0 Å². The van der Waals surface area contributed by atoms with Crippen LogP contribution in [0.2, 0.25) is 0 Å². The molecule has 0 atom stereocenters. The normalized spacial score (nSPS) is 14.1. The maximum Gasteiger partial charge on any atom is 0.269 e. The van der Waals surface area contributed by atoms with Crippen molar-refractivity contribution in [2.45, 2.75) is 24.4 Å². The van der Waals surface area contributed by atoms with Crippen LogP contribution in [0.5, 0.6) is 0 Å². The van der Waals surface area contributed by atoms with Gasteiger partial charge in [-0.15, -0.1) is 16.8 Å². The molecule has 10 heteroatoms. The van der Waals surface area contributed by atoms with Gasteiger partial charge < -0.3 is 9.80 Å². The molecule has 1 amide bonds. The lowest BCUT2D eigenvalue weighted by atomic mass is 10.1. The van der Waals surface area contributed by atoms with Gasteiger partial charge in [-0.25, -0.2) is 0 Å². The lowest BCUT2D eigenvalue weighted by Crippen LogP contribution is -2.48. The van der Waals surface area contributed by atoms with Gasteiger partial charge in [0.1, 0.15) is 0 Å². The summed E-state index contributed by atoms with van der Waals surface area (Å²) in [5.41, 5.74) is 2.56. The molecular formula is C25H28N6O3S. The summed E-state index contributed by atoms with van der Waals surface area (Å²) in [6.07, 6.45) is 1.77. The average molecular weight is 493 g/mol. The van der Waals surface area contributed by atoms with E-state index >= 15 is 0 Å². The van der Waals surface area contributed by atoms with Crippen LogP contribution in [-0.2, 0) is 12.3 Å². The molecule has 3 aromatic rings. The number of carbonyl (C=O) groups excluding carboxylic acids is 1. The van der Waals surface area contributed by atoms with Gasteiger partial charge in [-0.2, -0.15) is 0 Å². The molecule has 0 saturated carbocycles. The van der Waals surface area contributed by atoms with Crippen molar-refractivity contribution < 1.29 is 9.72 Å². The van der Waals surface area contributed by atoms with Crippen LogP contribution in [0, 0.1) is 10.1 Å². The number of likely N-dealkylation sites (N-methyl/N-ethyl adjacent to an activating group) is 1. The van der Waals surface area contributed by atoms with Crippen LogP contribution in [-0.4, -0.2) is 68.1 Å². The highest BCUT2D eigenvalue weighted by Gasteiger charge is 2.21. The second kappa shape index (κ2) is 11.3. The van der Waals surface area contributed by atoms with Gasteiger partial charge in [0.05, 0.1) is 4.92 Å². The van der Waals surface area contributed by atoms with Crippen LogP contribution in [0.3, 0.4) is 0 Å². The Labute approximate surface area is 208 Å². The summed E-state index contributed by atoms with van der Waals surface area (Å²) in [5.74, 6) is 1.38. The number of hydrogen-bond acceptors (Lipinski definition) is 7. The third-order valence-corrected chi connectivity index (χ3v) is 7.08. The Bertz CT molecular complexity index is 1180. The minimum Gasteiger partial charge on any atom is -0.336 e. The quantitative estimate of drug-likeness (QED) is 0.192. The number of nitro groups is 1. The van der Waals surface area contributed by atoms with E-state index < -0.39 is 4.92 Å². The number of nitro benzene ring substituents is 1. The van der Waals surface area contributed by atoms with Gasteiger partial charge in [-0.1, -0.05) is 36.9 Å². The molecule has 0 aliphatic carbocycles. The molecule has 1 aliphatic rings. The number of aromatic nitrogens is 3. The molecule has 1 saturated heterocycles. The standard InChI is InChI=1S/C25H28N6O3S/c1-3-13-30-23(20-9-11-22(12-10-20)31(33)34)26-27-25(30)35-18-19-5-7-21(8-6-19)24(32)29-16-14-28(4-2)15-17-29/h3,5-12H,1,4,13-18H2,2H3. The number of carbonyl (C=O) groups is 1. The van der Waals surface area contributed by atoms with Crippen molar-refractivity contribution in [2.24, 2.45) is 0 Å². The molecule has 1 aromatic heterocycles. The van der Waals surface area contributed by atoms with Gasteiger partial charge in [0, 0.05) is 61.7 Å². The van der Waals surface area contributed by atoms with Crippen LogP contribution >= 0.6 is 11.8 Å². The first kappa shape index (κ1) is 24.6. The van der Waals surface area contributed by atoms with E-state index in [4.69, 9.17) is 0 Å². The Balaban J connectivity index is 1.41. The van der Waals surface area contributed by atoms with Gasteiger partial charge in [-0.3, -0.25) is 19.5 Å². The van der Waals surface area contributed by atoms with Crippen LogP contribution in [0.4, 0.5) is 5.69 Å². The van der Waals surface area contributed by atoms with Crippen molar-refractivity contribution in [3.63, 3.8) is 0 Å². The molecule has 1 aliphatic heterocycles. The molecule has 2 heterocycles. The summed E-state index contributed by atoms with van der Waals surface area (Å²) >= 11 is 1.54. The highest BCUT2D eigenvalue weighted by atomic mass is 32.2. The fourth-order valence-electron chi connectivity index (χ4n) is 3.98. The monoisotopic (exact) mass is 492 g/mol. The van der Waals surface area contributed by atoms with Crippen molar-refractivity contribution in [3.05, 3.63) is 82.4 Å². The van der Waals surface area contributed by atoms with Gasteiger partial charge in [0.25, 0.3) is 11.6 Å². The van der Waals surface area contributed by atoms with Crippen molar-refractivity contribution in [2.75, 3.05) is 32.7 Å². The van der Waals surface area contributed by atoms with Gasteiger partial charge in [0.15, 0.2) is 11.0 Å². The van der Waals surface area contributed by atoms with E-state index in [2.05, 4.69) is 28.6 Å². The molecular weight excluding hydrogens is 464 g/mol. The Morgan fingerprint density at radius 1 is 1.09 bits per heavy atom. The van der Waals surface area contributed by atoms with Gasteiger partial charge >= 0.3 is 0 Å². The largest absolute Gasteiger partial charge is 0.336 e. The lowest BCUT2D eigenvalue weighted by Gasteiger charge is -2.34. The summed E-state index contributed by atoms with van der Waals surface area (Å²) in [4.78, 5) is 27.6. The number of thioether (sulfide) groups is 1. The van der Waals surface area contributed by atoms with Gasteiger partial charge in [0.2, 0.25) is 0 Å². The number of non-ortho nitro benzene ring substituents is 1. The highest BCUT2D eigenvalue weighted by Crippen LogP contribution is 2.28. The van der Waals surface area contributed by atoms with Crippen molar-refractivity contribution in [1.82, 2.24) is 24.6 Å². The van der Waals surface area contributed by atoms with E-state index in [1.165, 1.54) is 12.1 Å². The molecule has 0 N–H and O–H groups in total. The number of rotatable bonds is 9. The van der Waals surface area contributed by atoms with Crippen molar-refractivity contribution >= 4 is 23.4 Å².